The molecule has 6 nitrogen and oxygen atoms in total. The Morgan fingerprint density at radius 2 is 1.90 bits per heavy atom. The van der Waals surface area contributed by atoms with E-state index in [1.807, 2.05) is 22.6 Å². The number of carbonyl (C=O) groups excluding carboxylic acids is 2. The van der Waals surface area contributed by atoms with E-state index in [2.05, 4.69) is 5.32 Å². The van der Waals surface area contributed by atoms with Gasteiger partial charge in [0.2, 0.25) is 0 Å². The normalized spacial score (nSPS) is 19.8. The first-order valence-corrected chi connectivity index (χ1v) is 10.2. The summed E-state index contributed by atoms with van der Waals surface area (Å²) in [5, 5.41) is 14.7. The minimum atomic E-state index is -1.90. The number of fused-ring (bicyclic) bond motifs is 2. The van der Waals surface area contributed by atoms with Gasteiger partial charge in [0.25, 0.3) is 11.8 Å². The lowest BCUT2D eigenvalue weighted by Gasteiger charge is -2.35. The first-order chi connectivity index (χ1) is 14.4. The van der Waals surface area contributed by atoms with Crippen LogP contribution in [-0.2, 0) is 10.5 Å². The highest BCUT2D eigenvalue weighted by atomic mass is 127. The second-order valence-electron chi connectivity index (χ2n) is 7.03. The molecule has 0 saturated heterocycles. The van der Waals surface area contributed by atoms with Crippen LogP contribution in [0.5, 0.6) is 5.75 Å². The van der Waals surface area contributed by atoms with Crippen LogP contribution in [0.3, 0.4) is 0 Å². The second-order valence-corrected chi connectivity index (χ2v) is 8.28. The summed E-state index contributed by atoms with van der Waals surface area (Å²) in [4.78, 5) is 26.2. The van der Waals surface area contributed by atoms with E-state index in [1.54, 1.807) is 48.5 Å². The van der Waals surface area contributed by atoms with Crippen LogP contribution in [0.25, 0.3) is 0 Å². The summed E-state index contributed by atoms with van der Waals surface area (Å²) in [5.41, 5.74) is -0.259. The van der Waals surface area contributed by atoms with Crippen molar-refractivity contribution >= 4 is 45.8 Å². The van der Waals surface area contributed by atoms with Crippen LogP contribution < -0.4 is 15.0 Å². The Balaban J connectivity index is 1.75. The highest BCUT2D eigenvalue weighted by molar-refractivity contribution is 14.1. The number of carbonyl (C=O) groups is 2. The monoisotopic (exact) mass is 516 g/mol. The number of nitrogens with one attached hydrogen (secondary N) is 1. The molecule has 0 radical (unpaired) electrons. The molecule has 0 aromatic heterocycles. The average molecular weight is 516 g/mol. The molecule has 2 amide bonds. The SMILES string of the molecule is O=C1COc2ccc(C3(O)c4ccccc4C(=O)N3c3cc(F)cc(I)c3)cc2N1. The van der Waals surface area contributed by atoms with Gasteiger partial charge in [-0.3, -0.25) is 14.5 Å². The van der Waals surface area contributed by atoms with Crippen LogP contribution in [-0.4, -0.2) is 23.5 Å². The van der Waals surface area contributed by atoms with Gasteiger partial charge in [0.1, 0.15) is 11.6 Å². The minimum absolute atomic E-state index is 0.0915. The largest absolute Gasteiger partial charge is 0.482 e. The lowest BCUT2D eigenvalue weighted by Crippen LogP contribution is -2.45. The molecule has 2 aliphatic rings. The van der Waals surface area contributed by atoms with E-state index in [1.165, 1.54) is 17.0 Å². The molecule has 0 fully saturated rings. The van der Waals surface area contributed by atoms with E-state index in [0.717, 1.165) is 0 Å². The standard InChI is InChI=1S/C22H14FIN2O4/c23-13-8-14(24)10-15(9-13)26-21(28)16-3-1-2-4-17(16)22(26,29)12-5-6-19-18(7-12)25-20(27)11-30-19/h1-10,29H,11H2,(H,25,27). The van der Waals surface area contributed by atoms with Crippen LogP contribution in [0, 0.1) is 9.39 Å². The molecule has 3 aromatic rings. The van der Waals surface area contributed by atoms with Crippen molar-refractivity contribution in [2.75, 3.05) is 16.8 Å². The van der Waals surface area contributed by atoms with Crippen molar-refractivity contribution in [3.63, 3.8) is 0 Å². The maximum Gasteiger partial charge on any atom is 0.262 e. The summed E-state index contributed by atoms with van der Waals surface area (Å²) >= 11 is 1.96. The summed E-state index contributed by atoms with van der Waals surface area (Å²) in [7, 11) is 0. The van der Waals surface area contributed by atoms with Gasteiger partial charge in [-0.15, -0.1) is 0 Å². The summed E-state index contributed by atoms with van der Waals surface area (Å²) < 4.78 is 20.1. The molecule has 2 aliphatic heterocycles. The molecule has 0 aliphatic carbocycles. The third kappa shape index (κ3) is 2.78. The van der Waals surface area contributed by atoms with Crippen LogP contribution >= 0.6 is 22.6 Å². The van der Waals surface area contributed by atoms with Crippen molar-refractivity contribution in [2.24, 2.45) is 0 Å². The fourth-order valence-corrected chi connectivity index (χ4v) is 4.54. The Labute approximate surface area is 184 Å². The molecule has 2 N–H and O–H groups in total. The van der Waals surface area contributed by atoms with Crippen LogP contribution in [0.2, 0.25) is 0 Å². The quantitative estimate of drug-likeness (QED) is 0.511. The summed E-state index contributed by atoms with van der Waals surface area (Å²) in [6.07, 6.45) is 0. The van der Waals surface area contributed by atoms with Gasteiger partial charge in [0.05, 0.1) is 11.4 Å². The van der Waals surface area contributed by atoms with Crippen molar-refractivity contribution < 1.29 is 23.8 Å². The van der Waals surface area contributed by atoms with Gasteiger partial charge in [-0.2, -0.15) is 0 Å². The zero-order valence-corrected chi connectivity index (χ0v) is 17.5. The van der Waals surface area contributed by atoms with Crippen molar-refractivity contribution in [2.45, 2.75) is 5.72 Å². The Morgan fingerprint density at radius 3 is 2.70 bits per heavy atom. The number of benzene rings is 3. The smallest absolute Gasteiger partial charge is 0.262 e. The Kier molecular flexibility index (Phi) is 4.30. The summed E-state index contributed by atoms with van der Waals surface area (Å²) in [6, 6.07) is 15.7. The molecule has 0 bridgehead atoms. The fourth-order valence-electron chi connectivity index (χ4n) is 3.92. The van der Waals surface area contributed by atoms with Gasteiger partial charge in [0, 0.05) is 20.3 Å². The molecule has 1 atom stereocenters. The highest BCUT2D eigenvalue weighted by Crippen LogP contribution is 2.46. The molecular formula is C22H14FIN2O4. The topological polar surface area (TPSA) is 78.9 Å². The maximum atomic E-state index is 14.2. The molecule has 3 aromatic carbocycles. The van der Waals surface area contributed by atoms with E-state index < -0.39 is 17.4 Å². The first kappa shape index (κ1) is 19.0. The number of aliphatic hydroxyl groups is 1. The number of ether oxygens (including phenoxy) is 1. The van der Waals surface area contributed by atoms with Gasteiger partial charge in [-0.1, -0.05) is 18.2 Å². The number of anilines is 2. The van der Waals surface area contributed by atoms with E-state index in [0.29, 0.717) is 31.7 Å². The van der Waals surface area contributed by atoms with Crippen LogP contribution in [0.15, 0.2) is 60.7 Å². The van der Waals surface area contributed by atoms with Crippen molar-refractivity contribution in [3.05, 3.63) is 86.7 Å². The minimum Gasteiger partial charge on any atom is -0.482 e. The molecule has 8 heteroatoms. The van der Waals surface area contributed by atoms with Crippen molar-refractivity contribution in [1.29, 1.82) is 0 Å². The van der Waals surface area contributed by atoms with E-state index in [-0.39, 0.29) is 18.2 Å². The van der Waals surface area contributed by atoms with Gasteiger partial charge >= 0.3 is 0 Å². The predicted molar refractivity (Wildman–Crippen MR) is 116 cm³/mol. The molecule has 0 saturated carbocycles. The molecule has 5 rings (SSSR count). The number of rotatable bonds is 2. The molecule has 150 valence electrons. The third-order valence-corrected chi connectivity index (χ3v) is 5.80. The predicted octanol–water partition coefficient (Wildman–Crippen LogP) is 3.62. The molecular weight excluding hydrogens is 502 g/mol. The lowest BCUT2D eigenvalue weighted by molar-refractivity contribution is -0.118. The highest BCUT2D eigenvalue weighted by Gasteiger charge is 2.51. The fraction of sp³-hybridized carbons (Fsp3) is 0.0909. The van der Waals surface area contributed by atoms with Crippen molar-refractivity contribution in [3.8, 4) is 5.75 Å². The number of nitrogens with zero attached hydrogens (tertiary/aromatic N) is 1. The van der Waals surface area contributed by atoms with Gasteiger partial charge in [0.15, 0.2) is 12.3 Å². The van der Waals surface area contributed by atoms with Gasteiger partial charge in [-0.25, -0.2) is 4.39 Å². The zero-order chi connectivity index (χ0) is 21.0. The van der Waals surface area contributed by atoms with E-state index in [4.69, 9.17) is 4.74 Å². The maximum absolute atomic E-state index is 14.2. The number of hydrogen-bond donors (Lipinski definition) is 2. The molecule has 1 unspecified atom stereocenters. The van der Waals surface area contributed by atoms with Crippen LogP contribution in [0.4, 0.5) is 15.8 Å². The summed E-state index contributed by atoms with van der Waals surface area (Å²) in [5.74, 6) is -0.820. The molecule has 2 heterocycles. The van der Waals surface area contributed by atoms with E-state index >= 15 is 0 Å². The van der Waals surface area contributed by atoms with E-state index in [9.17, 15) is 19.1 Å². The Hall–Kier alpha value is -2.98. The Morgan fingerprint density at radius 1 is 1.10 bits per heavy atom. The Bertz CT molecular complexity index is 1210. The third-order valence-electron chi connectivity index (χ3n) is 5.18. The molecule has 0 spiro atoms. The van der Waals surface area contributed by atoms with Gasteiger partial charge in [-0.05, 0) is 65.1 Å². The number of amides is 2. The zero-order valence-electron chi connectivity index (χ0n) is 15.4. The van der Waals surface area contributed by atoms with Crippen molar-refractivity contribution in [1.82, 2.24) is 0 Å². The van der Waals surface area contributed by atoms with Crippen LogP contribution in [0.1, 0.15) is 21.5 Å². The number of halogens is 2. The second kappa shape index (κ2) is 6.78. The number of hydrogen-bond acceptors (Lipinski definition) is 4. The average Bonchev–Trinajstić information content (AvgIpc) is 2.95. The lowest BCUT2D eigenvalue weighted by atomic mass is 9.93. The summed E-state index contributed by atoms with van der Waals surface area (Å²) in [6.45, 7) is -0.0915. The first-order valence-electron chi connectivity index (χ1n) is 9.07. The molecule has 30 heavy (non-hydrogen) atoms. The van der Waals surface area contributed by atoms with Gasteiger partial charge < -0.3 is 15.2 Å².